The third-order valence-corrected chi connectivity index (χ3v) is 6.19. The summed E-state index contributed by atoms with van der Waals surface area (Å²) in [5.74, 6) is 0.478. The maximum atomic E-state index is 13.3. The summed E-state index contributed by atoms with van der Waals surface area (Å²) in [6, 6.07) is 6.29. The molecule has 1 aromatic carbocycles. The summed E-state index contributed by atoms with van der Waals surface area (Å²) < 4.78 is 18.5. The van der Waals surface area contributed by atoms with Gasteiger partial charge in [0.05, 0.1) is 11.3 Å². The molecule has 0 saturated heterocycles. The molecule has 3 heterocycles. The zero-order chi connectivity index (χ0) is 19.7. The molecule has 1 amide bonds. The number of halogens is 1. The lowest BCUT2D eigenvalue weighted by atomic mass is 10.0. The van der Waals surface area contributed by atoms with Gasteiger partial charge in [-0.3, -0.25) is 9.69 Å². The number of amides is 1. The van der Waals surface area contributed by atoms with Crippen LogP contribution in [0.1, 0.15) is 43.4 Å². The molecule has 5 nitrogen and oxygen atoms in total. The summed E-state index contributed by atoms with van der Waals surface area (Å²) in [6.45, 7) is 6.74. The van der Waals surface area contributed by atoms with Gasteiger partial charge in [0.25, 0.3) is 5.91 Å². The second-order valence-corrected chi connectivity index (χ2v) is 8.09. The molecule has 0 radical (unpaired) electrons. The summed E-state index contributed by atoms with van der Waals surface area (Å²) in [6.07, 6.45) is 0.838. The molecule has 0 unspecified atom stereocenters. The van der Waals surface area contributed by atoms with Gasteiger partial charge in [-0.25, -0.2) is 4.39 Å². The number of carbonyl (C=O) groups excluding carboxylic acids is 1. The highest BCUT2D eigenvalue weighted by molar-refractivity contribution is 7.10. The van der Waals surface area contributed by atoms with Crippen LogP contribution in [0.15, 0.2) is 34.2 Å². The Bertz CT molecular complexity index is 992. The standard InChI is InChI=1S/C21H22FN3O2S/c1-13-18(14(2)27-24-13)10-25-7-6-17-19(12-28-20(17)11-25)21(26)23-9-15-4-3-5-16(22)8-15/h3-5,8,12H,6-7,9-11H2,1-2H3,(H,23,26). The van der Waals surface area contributed by atoms with E-state index in [0.29, 0.717) is 6.54 Å². The van der Waals surface area contributed by atoms with Crippen molar-refractivity contribution in [1.82, 2.24) is 15.4 Å². The van der Waals surface area contributed by atoms with E-state index in [-0.39, 0.29) is 11.7 Å². The quantitative estimate of drug-likeness (QED) is 0.705. The predicted molar refractivity (Wildman–Crippen MR) is 106 cm³/mol. The van der Waals surface area contributed by atoms with E-state index in [4.69, 9.17) is 4.52 Å². The Morgan fingerprint density at radius 2 is 2.25 bits per heavy atom. The van der Waals surface area contributed by atoms with Crippen molar-refractivity contribution in [2.24, 2.45) is 0 Å². The largest absolute Gasteiger partial charge is 0.361 e. The molecule has 2 aromatic heterocycles. The summed E-state index contributed by atoms with van der Waals surface area (Å²) >= 11 is 1.63. The summed E-state index contributed by atoms with van der Waals surface area (Å²) in [4.78, 5) is 16.2. The van der Waals surface area contributed by atoms with E-state index in [9.17, 15) is 9.18 Å². The van der Waals surface area contributed by atoms with Gasteiger partial charge in [-0.1, -0.05) is 17.3 Å². The van der Waals surface area contributed by atoms with Crippen LogP contribution in [0.3, 0.4) is 0 Å². The van der Waals surface area contributed by atoms with E-state index in [0.717, 1.165) is 59.8 Å². The van der Waals surface area contributed by atoms with Crippen molar-refractivity contribution in [3.8, 4) is 0 Å². The van der Waals surface area contributed by atoms with Gasteiger partial charge in [0.15, 0.2) is 0 Å². The van der Waals surface area contributed by atoms with Crippen LogP contribution in [0.4, 0.5) is 4.39 Å². The third-order valence-electron chi connectivity index (χ3n) is 5.18. The summed E-state index contributed by atoms with van der Waals surface area (Å²) in [7, 11) is 0. The minimum Gasteiger partial charge on any atom is -0.361 e. The van der Waals surface area contributed by atoms with Gasteiger partial charge in [0.2, 0.25) is 0 Å². The zero-order valence-corrected chi connectivity index (χ0v) is 16.7. The molecule has 0 spiro atoms. The minimum absolute atomic E-state index is 0.0964. The number of aryl methyl sites for hydroxylation is 2. The van der Waals surface area contributed by atoms with Crippen LogP contribution in [0.2, 0.25) is 0 Å². The first-order valence-electron chi connectivity index (χ1n) is 9.27. The van der Waals surface area contributed by atoms with E-state index in [1.807, 2.05) is 19.2 Å². The lowest BCUT2D eigenvalue weighted by molar-refractivity contribution is 0.0949. The Kier molecular flexibility index (Phi) is 5.28. The minimum atomic E-state index is -0.293. The first-order chi connectivity index (χ1) is 13.5. The zero-order valence-electron chi connectivity index (χ0n) is 15.9. The molecule has 0 saturated carbocycles. The first-order valence-corrected chi connectivity index (χ1v) is 10.1. The molecule has 1 aliphatic heterocycles. The molecule has 0 bridgehead atoms. The highest BCUT2D eigenvalue weighted by atomic mass is 32.1. The lowest BCUT2D eigenvalue weighted by Crippen LogP contribution is -2.31. The maximum Gasteiger partial charge on any atom is 0.252 e. The number of hydrogen-bond donors (Lipinski definition) is 1. The number of aromatic nitrogens is 1. The van der Waals surface area contributed by atoms with Crippen LogP contribution in [0, 0.1) is 19.7 Å². The highest BCUT2D eigenvalue weighted by Gasteiger charge is 2.25. The molecule has 1 N–H and O–H groups in total. The van der Waals surface area contributed by atoms with E-state index in [1.165, 1.54) is 17.0 Å². The number of rotatable bonds is 5. The van der Waals surface area contributed by atoms with Gasteiger partial charge < -0.3 is 9.84 Å². The summed E-state index contributed by atoms with van der Waals surface area (Å²) in [5, 5.41) is 8.87. The van der Waals surface area contributed by atoms with Crippen LogP contribution in [-0.2, 0) is 26.1 Å². The Balaban J connectivity index is 1.41. The average molecular weight is 399 g/mol. The van der Waals surface area contributed by atoms with Crippen molar-refractivity contribution < 1.29 is 13.7 Å². The molecule has 0 atom stereocenters. The SMILES string of the molecule is Cc1noc(C)c1CN1CCc2c(C(=O)NCc3cccc(F)c3)csc2C1. The van der Waals surface area contributed by atoms with Crippen LogP contribution >= 0.6 is 11.3 Å². The monoisotopic (exact) mass is 399 g/mol. The van der Waals surface area contributed by atoms with Gasteiger partial charge in [-0.2, -0.15) is 0 Å². The smallest absolute Gasteiger partial charge is 0.252 e. The van der Waals surface area contributed by atoms with Gasteiger partial charge in [0, 0.05) is 42.0 Å². The van der Waals surface area contributed by atoms with Crippen molar-refractivity contribution >= 4 is 17.2 Å². The molecule has 146 valence electrons. The summed E-state index contributed by atoms with van der Waals surface area (Å²) in [5.41, 5.74) is 4.72. The molecule has 3 aromatic rings. The number of hydrogen-bond acceptors (Lipinski definition) is 5. The van der Waals surface area contributed by atoms with E-state index < -0.39 is 0 Å². The normalized spacial score (nSPS) is 14.1. The van der Waals surface area contributed by atoms with Crippen molar-refractivity contribution in [3.63, 3.8) is 0 Å². The Morgan fingerprint density at radius 1 is 1.39 bits per heavy atom. The number of thiophene rings is 1. The van der Waals surface area contributed by atoms with E-state index in [2.05, 4.69) is 15.4 Å². The number of fused-ring (bicyclic) bond motifs is 1. The molecular formula is C21H22FN3O2S. The Morgan fingerprint density at radius 3 is 3.00 bits per heavy atom. The molecule has 28 heavy (non-hydrogen) atoms. The molecule has 4 rings (SSSR count). The third kappa shape index (κ3) is 3.86. The van der Waals surface area contributed by atoms with E-state index in [1.54, 1.807) is 23.5 Å². The fraction of sp³-hybridized carbons (Fsp3) is 0.333. The van der Waals surface area contributed by atoms with Crippen LogP contribution in [0.5, 0.6) is 0 Å². The molecule has 1 aliphatic rings. The first kappa shape index (κ1) is 18.8. The van der Waals surface area contributed by atoms with Crippen LogP contribution < -0.4 is 5.32 Å². The second kappa shape index (κ2) is 7.85. The van der Waals surface area contributed by atoms with Gasteiger partial charge in [-0.05, 0) is 43.5 Å². The Labute approximate surface area is 167 Å². The average Bonchev–Trinajstić information content (AvgIpc) is 3.24. The van der Waals surface area contributed by atoms with Crippen molar-refractivity contribution in [2.75, 3.05) is 6.54 Å². The highest BCUT2D eigenvalue weighted by Crippen LogP contribution is 2.30. The number of benzene rings is 1. The molecule has 7 heteroatoms. The van der Waals surface area contributed by atoms with Crippen LogP contribution in [-0.4, -0.2) is 22.5 Å². The van der Waals surface area contributed by atoms with Gasteiger partial charge >= 0.3 is 0 Å². The van der Waals surface area contributed by atoms with Gasteiger partial charge in [-0.15, -0.1) is 11.3 Å². The predicted octanol–water partition coefficient (Wildman–Crippen LogP) is 3.98. The van der Waals surface area contributed by atoms with Crippen molar-refractivity contribution in [1.29, 1.82) is 0 Å². The molecule has 0 aliphatic carbocycles. The number of nitrogens with one attached hydrogen (secondary N) is 1. The second-order valence-electron chi connectivity index (χ2n) is 7.13. The van der Waals surface area contributed by atoms with Gasteiger partial charge in [0.1, 0.15) is 11.6 Å². The topological polar surface area (TPSA) is 58.4 Å². The number of nitrogens with zero attached hydrogens (tertiary/aromatic N) is 2. The fourth-order valence-electron chi connectivity index (χ4n) is 3.58. The van der Waals surface area contributed by atoms with Crippen LogP contribution in [0.25, 0.3) is 0 Å². The number of carbonyl (C=O) groups is 1. The molecular weight excluding hydrogens is 377 g/mol. The maximum absolute atomic E-state index is 13.3. The van der Waals surface area contributed by atoms with E-state index >= 15 is 0 Å². The Hall–Kier alpha value is -2.51. The lowest BCUT2D eigenvalue weighted by Gasteiger charge is -2.27. The fourth-order valence-corrected chi connectivity index (χ4v) is 4.70. The van der Waals surface area contributed by atoms with Crippen molar-refractivity contribution in [2.45, 2.75) is 39.9 Å². The van der Waals surface area contributed by atoms with Crippen molar-refractivity contribution in [3.05, 3.63) is 74.0 Å². The molecule has 0 fully saturated rings.